The molecule has 2 N–H and O–H groups in total. The molecule has 0 bridgehead atoms. The minimum atomic E-state index is -0.542. The van der Waals surface area contributed by atoms with E-state index in [9.17, 15) is 0 Å². The van der Waals surface area contributed by atoms with Gasteiger partial charge in [0.15, 0.2) is 11.5 Å². The lowest BCUT2D eigenvalue weighted by Crippen LogP contribution is -2.13. The number of hydrogen-bond donors (Lipinski definition) is 2. The summed E-state index contributed by atoms with van der Waals surface area (Å²) in [7, 11) is 1.53. The predicted octanol–water partition coefficient (Wildman–Crippen LogP) is 1.65. The van der Waals surface area contributed by atoms with E-state index in [1.807, 2.05) is 0 Å². The second-order valence-corrected chi connectivity index (χ2v) is 3.71. The predicted molar refractivity (Wildman–Crippen MR) is 64.2 cm³/mol. The van der Waals surface area contributed by atoms with Gasteiger partial charge in [0.1, 0.15) is 6.61 Å². The maximum Gasteiger partial charge on any atom is 0.161 e. The summed E-state index contributed by atoms with van der Waals surface area (Å²) in [5, 5.41) is 20.9. The molecule has 0 fully saturated rings. The van der Waals surface area contributed by atoms with Crippen LogP contribution in [0.5, 0.6) is 11.5 Å². The fraction of sp³-hybridized carbons (Fsp3) is 0.417. The molecular formula is C12H17NO4. The quantitative estimate of drug-likeness (QED) is 0.465. The number of aliphatic hydroxyl groups is 1. The fourth-order valence-electron chi connectivity index (χ4n) is 1.28. The normalized spacial score (nSPS) is 13.3. The van der Waals surface area contributed by atoms with Crippen molar-refractivity contribution in [3.63, 3.8) is 0 Å². The van der Waals surface area contributed by atoms with Gasteiger partial charge >= 0.3 is 0 Å². The van der Waals surface area contributed by atoms with Crippen LogP contribution in [0.1, 0.15) is 19.4 Å². The van der Waals surface area contributed by atoms with Crippen LogP contribution in [0, 0.1) is 0 Å². The van der Waals surface area contributed by atoms with Crippen LogP contribution in [0.4, 0.5) is 0 Å². The Morgan fingerprint density at radius 1 is 1.41 bits per heavy atom. The van der Waals surface area contributed by atoms with Crippen molar-refractivity contribution in [3.8, 4) is 11.5 Å². The lowest BCUT2D eigenvalue weighted by atomic mass is 10.1. The molecule has 0 saturated carbocycles. The molecule has 0 amide bonds. The topological polar surface area (TPSA) is 71.3 Å². The highest BCUT2D eigenvalue weighted by Crippen LogP contribution is 2.28. The monoisotopic (exact) mass is 239 g/mol. The van der Waals surface area contributed by atoms with Gasteiger partial charge in [-0.05, 0) is 32.0 Å². The van der Waals surface area contributed by atoms with Gasteiger partial charge in [-0.3, -0.25) is 0 Å². The van der Waals surface area contributed by atoms with Crippen molar-refractivity contribution >= 4 is 5.71 Å². The van der Waals surface area contributed by atoms with Crippen LogP contribution < -0.4 is 9.47 Å². The van der Waals surface area contributed by atoms with Crippen LogP contribution in [0.25, 0.3) is 0 Å². The summed E-state index contributed by atoms with van der Waals surface area (Å²) in [6.07, 6.45) is -0.542. The molecule has 0 aliphatic rings. The Labute approximate surface area is 100 Å². The van der Waals surface area contributed by atoms with Crippen LogP contribution in [0.2, 0.25) is 0 Å². The second kappa shape index (κ2) is 6.10. The largest absolute Gasteiger partial charge is 0.493 e. The third kappa shape index (κ3) is 3.64. The van der Waals surface area contributed by atoms with E-state index in [2.05, 4.69) is 5.16 Å². The van der Waals surface area contributed by atoms with Gasteiger partial charge in [-0.25, -0.2) is 0 Å². The van der Waals surface area contributed by atoms with Gasteiger partial charge in [0.25, 0.3) is 0 Å². The molecular weight excluding hydrogens is 222 g/mol. The van der Waals surface area contributed by atoms with E-state index in [-0.39, 0.29) is 6.61 Å². The molecule has 1 rings (SSSR count). The molecule has 5 nitrogen and oxygen atoms in total. The summed E-state index contributed by atoms with van der Waals surface area (Å²) in [6, 6.07) is 5.19. The number of aliphatic hydroxyl groups excluding tert-OH is 1. The van der Waals surface area contributed by atoms with E-state index in [0.717, 1.165) is 5.56 Å². The Bertz CT molecular complexity index is 401. The summed E-state index contributed by atoms with van der Waals surface area (Å²) in [5.74, 6) is 1.08. The molecule has 0 heterocycles. The molecule has 0 aromatic heterocycles. The van der Waals surface area contributed by atoms with Crippen molar-refractivity contribution in [2.24, 2.45) is 5.16 Å². The molecule has 94 valence electrons. The molecule has 0 aliphatic heterocycles. The highest BCUT2D eigenvalue weighted by atomic mass is 16.5. The zero-order valence-electron chi connectivity index (χ0n) is 10.2. The zero-order valence-corrected chi connectivity index (χ0v) is 10.2. The smallest absolute Gasteiger partial charge is 0.161 e. The molecule has 17 heavy (non-hydrogen) atoms. The zero-order chi connectivity index (χ0) is 12.8. The van der Waals surface area contributed by atoms with Gasteiger partial charge in [0, 0.05) is 5.56 Å². The average molecular weight is 239 g/mol. The van der Waals surface area contributed by atoms with Crippen LogP contribution >= 0.6 is 0 Å². The standard InChI is InChI=1S/C12H17NO4/c1-8(14)7-17-11-5-4-10(9(2)13-15)6-12(11)16-3/h4-6,8,14-15H,7H2,1-3H3/b13-9+. The molecule has 0 spiro atoms. The lowest BCUT2D eigenvalue weighted by molar-refractivity contribution is 0.120. The van der Waals surface area contributed by atoms with Gasteiger partial charge in [-0.1, -0.05) is 5.16 Å². The van der Waals surface area contributed by atoms with Gasteiger partial charge in [0.2, 0.25) is 0 Å². The SMILES string of the molecule is COc1cc(/C(C)=N/O)ccc1OCC(C)O. The van der Waals surface area contributed by atoms with Gasteiger partial charge in [-0.15, -0.1) is 0 Å². The summed E-state index contributed by atoms with van der Waals surface area (Å²) in [6.45, 7) is 3.53. The number of oxime groups is 1. The van der Waals surface area contributed by atoms with E-state index in [1.165, 1.54) is 7.11 Å². The van der Waals surface area contributed by atoms with Crippen LogP contribution in [-0.4, -0.2) is 35.8 Å². The maximum atomic E-state index is 9.14. The summed E-state index contributed by atoms with van der Waals surface area (Å²) in [5.41, 5.74) is 1.24. The highest BCUT2D eigenvalue weighted by Gasteiger charge is 2.08. The van der Waals surface area contributed by atoms with Crippen molar-refractivity contribution < 1.29 is 19.8 Å². The molecule has 5 heteroatoms. The Kier molecular flexibility index (Phi) is 4.78. The number of benzene rings is 1. The number of methoxy groups -OCH3 is 1. The van der Waals surface area contributed by atoms with Gasteiger partial charge in [0.05, 0.1) is 18.9 Å². The van der Waals surface area contributed by atoms with E-state index < -0.39 is 6.10 Å². The molecule has 1 unspecified atom stereocenters. The molecule has 1 atom stereocenters. The van der Waals surface area contributed by atoms with E-state index >= 15 is 0 Å². The van der Waals surface area contributed by atoms with E-state index in [4.69, 9.17) is 19.8 Å². The minimum Gasteiger partial charge on any atom is -0.493 e. The first kappa shape index (κ1) is 13.3. The van der Waals surface area contributed by atoms with Gasteiger partial charge in [-0.2, -0.15) is 0 Å². The van der Waals surface area contributed by atoms with Crippen molar-refractivity contribution in [1.82, 2.24) is 0 Å². The number of rotatable bonds is 5. The molecule has 0 saturated heterocycles. The van der Waals surface area contributed by atoms with E-state index in [0.29, 0.717) is 17.2 Å². The molecule has 0 radical (unpaired) electrons. The Balaban J connectivity index is 2.93. The first-order valence-electron chi connectivity index (χ1n) is 5.26. The van der Waals surface area contributed by atoms with Crippen LogP contribution in [-0.2, 0) is 0 Å². The van der Waals surface area contributed by atoms with Crippen molar-refractivity contribution in [1.29, 1.82) is 0 Å². The molecule has 1 aromatic rings. The fourth-order valence-corrected chi connectivity index (χ4v) is 1.28. The first-order valence-corrected chi connectivity index (χ1v) is 5.26. The van der Waals surface area contributed by atoms with Crippen molar-refractivity contribution in [2.45, 2.75) is 20.0 Å². The Hall–Kier alpha value is -1.75. The van der Waals surface area contributed by atoms with Crippen molar-refractivity contribution in [2.75, 3.05) is 13.7 Å². The molecule has 0 aliphatic carbocycles. The maximum absolute atomic E-state index is 9.14. The van der Waals surface area contributed by atoms with Gasteiger partial charge < -0.3 is 19.8 Å². The highest BCUT2D eigenvalue weighted by molar-refractivity contribution is 5.98. The third-order valence-corrected chi connectivity index (χ3v) is 2.21. The Morgan fingerprint density at radius 2 is 2.12 bits per heavy atom. The Morgan fingerprint density at radius 3 is 2.65 bits per heavy atom. The number of hydrogen-bond acceptors (Lipinski definition) is 5. The lowest BCUT2D eigenvalue weighted by Gasteiger charge is -2.12. The number of nitrogens with zero attached hydrogens (tertiary/aromatic N) is 1. The first-order chi connectivity index (χ1) is 8.08. The summed E-state index contributed by atoms with van der Waals surface area (Å²) in [4.78, 5) is 0. The second-order valence-electron chi connectivity index (χ2n) is 3.71. The third-order valence-electron chi connectivity index (χ3n) is 2.21. The van der Waals surface area contributed by atoms with E-state index in [1.54, 1.807) is 32.0 Å². The number of ether oxygens (including phenoxy) is 2. The summed E-state index contributed by atoms with van der Waals surface area (Å²) < 4.78 is 10.6. The summed E-state index contributed by atoms with van der Waals surface area (Å²) >= 11 is 0. The van der Waals surface area contributed by atoms with Crippen LogP contribution in [0.15, 0.2) is 23.4 Å². The van der Waals surface area contributed by atoms with Crippen molar-refractivity contribution in [3.05, 3.63) is 23.8 Å². The molecule has 1 aromatic carbocycles. The van der Waals surface area contributed by atoms with Crippen LogP contribution in [0.3, 0.4) is 0 Å². The average Bonchev–Trinajstić information content (AvgIpc) is 2.34. The minimum absolute atomic E-state index is 0.197.